The van der Waals surface area contributed by atoms with Crippen LogP contribution in [0.2, 0.25) is 16.6 Å². The van der Waals surface area contributed by atoms with Crippen LogP contribution in [-0.2, 0) is 0 Å². The van der Waals surface area contributed by atoms with Gasteiger partial charge in [0.25, 0.3) is 0 Å². The molecule has 2 aromatic rings. The lowest BCUT2D eigenvalue weighted by atomic mass is 9.87. The molecule has 2 atom stereocenters. The van der Waals surface area contributed by atoms with Crippen molar-refractivity contribution >= 4 is 24.0 Å². The Balaban J connectivity index is 2.47. The molecule has 23 heavy (non-hydrogen) atoms. The van der Waals surface area contributed by atoms with Crippen molar-refractivity contribution in [2.45, 2.75) is 76.9 Å². The molecule has 0 aliphatic carbocycles. The summed E-state index contributed by atoms with van der Waals surface area (Å²) in [4.78, 5) is 0. The first-order valence-electron chi connectivity index (χ1n) is 9.52. The molecule has 0 fully saturated rings. The summed E-state index contributed by atoms with van der Waals surface area (Å²) in [6.45, 7) is 14.9. The van der Waals surface area contributed by atoms with Crippen LogP contribution in [0.3, 0.4) is 0 Å². The summed E-state index contributed by atoms with van der Waals surface area (Å²) in [5.74, 6) is 0.745. The van der Waals surface area contributed by atoms with Gasteiger partial charge in [-0.1, -0.05) is 89.5 Å². The SMILES string of the molecule is CC[C@@H]1c2cccc3cccc(c23)[Si](C(C)C)(C(C)C)[C@H]1CC. The molecule has 1 heterocycles. The third-order valence-corrected chi connectivity index (χ3v) is 13.9. The van der Waals surface area contributed by atoms with E-state index in [0.29, 0.717) is 0 Å². The first kappa shape index (κ1) is 16.8. The summed E-state index contributed by atoms with van der Waals surface area (Å²) in [5, 5.41) is 4.85. The van der Waals surface area contributed by atoms with Crippen LogP contribution in [0.25, 0.3) is 10.8 Å². The highest BCUT2D eigenvalue weighted by Crippen LogP contribution is 2.55. The van der Waals surface area contributed by atoms with E-state index < -0.39 is 8.07 Å². The Morgan fingerprint density at radius 3 is 2.00 bits per heavy atom. The Hall–Kier alpha value is -1.08. The van der Waals surface area contributed by atoms with Gasteiger partial charge in [0, 0.05) is 0 Å². The number of hydrogen-bond acceptors (Lipinski definition) is 0. The van der Waals surface area contributed by atoms with Crippen LogP contribution in [0.1, 0.15) is 65.9 Å². The van der Waals surface area contributed by atoms with Crippen LogP contribution in [-0.4, -0.2) is 8.07 Å². The van der Waals surface area contributed by atoms with Gasteiger partial charge in [-0.05, 0) is 45.3 Å². The molecule has 0 nitrogen and oxygen atoms in total. The van der Waals surface area contributed by atoms with Crippen molar-refractivity contribution in [2.24, 2.45) is 0 Å². The molecule has 0 N–H and O–H groups in total. The topological polar surface area (TPSA) is 0 Å². The fourth-order valence-electron chi connectivity index (χ4n) is 6.06. The van der Waals surface area contributed by atoms with Gasteiger partial charge in [-0.25, -0.2) is 0 Å². The Kier molecular flexibility index (Phi) is 4.44. The van der Waals surface area contributed by atoms with E-state index in [9.17, 15) is 0 Å². The van der Waals surface area contributed by atoms with Gasteiger partial charge in [0.05, 0.1) is 8.07 Å². The average Bonchev–Trinajstić information content (AvgIpc) is 2.54. The van der Waals surface area contributed by atoms with Crippen molar-refractivity contribution in [3.8, 4) is 0 Å². The first-order chi connectivity index (χ1) is 11.0. The number of rotatable bonds is 4. The van der Waals surface area contributed by atoms with Crippen molar-refractivity contribution in [1.82, 2.24) is 0 Å². The van der Waals surface area contributed by atoms with Gasteiger partial charge < -0.3 is 0 Å². The van der Waals surface area contributed by atoms with Crippen molar-refractivity contribution < 1.29 is 0 Å². The standard InChI is InChI=1S/C22H32Si/c1-7-18-19-13-9-11-17-12-10-14-21(22(17)19)23(15(3)4,16(5)6)20(18)8-2/h9-16,18,20H,7-8H2,1-6H3/t18-,20+/m1/s1. The fourth-order valence-corrected chi connectivity index (χ4v) is 13.6. The molecular formula is C22H32Si. The zero-order chi connectivity index (χ0) is 16.8. The summed E-state index contributed by atoms with van der Waals surface area (Å²) < 4.78 is 0. The first-order valence-corrected chi connectivity index (χ1v) is 11.7. The molecule has 124 valence electrons. The normalized spacial score (nSPS) is 23.0. The molecule has 2 aromatic carbocycles. The highest BCUT2D eigenvalue weighted by atomic mass is 28.3. The van der Waals surface area contributed by atoms with E-state index in [1.54, 1.807) is 16.1 Å². The van der Waals surface area contributed by atoms with Gasteiger partial charge in [0.15, 0.2) is 0 Å². The van der Waals surface area contributed by atoms with E-state index in [1.807, 2.05) is 0 Å². The van der Waals surface area contributed by atoms with E-state index in [4.69, 9.17) is 0 Å². The van der Waals surface area contributed by atoms with Gasteiger partial charge in [-0.2, -0.15) is 0 Å². The molecule has 0 aromatic heterocycles. The second-order valence-electron chi connectivity index (χ2n) is 8.02. The molecule has 0 saturated heterocycles. The minimum atomic E-state index is -1.60. The van der Waals surface area contributed by atoms with E-state index in [2.05, 4.69) is 77.9 Å². The average molecular weight is 325 g/mol. The van der Waals surface area contributed by atoms with Gasteiger partial charge in [-0.3, -0.25) is 0 Å². The minimum Gasteiger partial charge on any atom is -0.0654 e. The molecule has 0 unspecified atom stereocenters. The summed E-state index contributed by atoms with van der Waals surface area (Å²) in [5.41, 5.74) is 4.09. The Morgan fingerprint density at radius 1 is 0.870 bits per heavy atom. The zero-order valence-electron chi connectivity index (χ0n) is 15.7. The van der Waals surface area contributed by atoms with Crippen LogP contribution in [0, 0.1) is 0 Å². The van der Waals surface area contributed by atoms with E-state index in [1.165, 1.54) is 18.2 Å². The lowest BCUT2D eigenvalue weighted by Gasteiger charge is -2.52. The third-order valence-electron chi connectivity index (χ3n) is 6.69. The summed E-state index contributed by atoms with van der Waals surface area (Å²) in [6, 6.07) is 14.1. The zero-order valence-corrected chi connectivity index (χ0v) is 16.7. The van der Waals surface area contributed by atoms with Crippen molar-refractivity contribution in [3.63, 3.8) is 0 Å². The summed E-state index contributed by atoms with van der Waals surface area (Å²) >= 11 is 0. The Bertz CT molecular complexity index is 685. The van der Waals surface area contributed by atoms with Crippen LogP contribution < -0.4 is 5.19 Å². The monoisotopic (exact) mass is 324 g/mol. The molecule has 0 spiro atoms. The number of hydrogen-bond donors (Lipinski definition) is 0. The predicted molar refractivity (Wildman–Crippen MR) is 107 cm³/mol. The Morgan fingerprint density at radius 2 is 1.48 bits per heavy atom. The lowest BCUT2D eigenvalue weighted by Crippen LogP contribution is -2.60. The highest BCUT2D eigenvalue weighted by Gasteiger charge is 2.53. The van der Waals surface area contributed by atoms with E-state index in [-0.39, 0.29) is 0 Å². The second kappa shape index (κ2) is 6.09. The van der Waals surface area contributed by atoms with E-state index in [0.717, 1.165) is 22.5 Å². The predicted octanol–water partition coefficient (Wildman–Crippen LogP) is 6.60. The molecular weight excluding hydrogens is 292 g/mol. The quantitative estimate of drug-likeness (QED) is 0.555. The van der Waals surface area contributed by atoms with Crippen LogP contribution in [0.5, 0.6) is 0 Å². The summed E-state index contributed by atoms with van der Waals surface area (Å²) in [6.07, 6.45) is 2.60. The van der Waals surface area contributed by atoms with Gasteiger partial charge in [0.2, 0.25) is 0 Å². The molecule has 1 heteroatoms. The number of benzene rings is 2. The lowest BCUT2D eigenvalue weighted by molar-refractivity contribution is 0.561. The molecule has 1 aliphatic heterocycles. The third kappa shape index (κ3) is 2.16. The van der Waals surface area contributed by atoms with E-state index >= 15 is 0 Å². The molecule has 3 rings (SSSR count). The van der Waals surface area contributed by atoms with Crippen LogP contribution in [0.4, 0.5) is 0 Å². The van der Waals surface area contributed by atoms with Crippen molar-refractivity contribution in [1.29, 1.82) is 0 Å². The van der Waals surface area contributed by atoms with Gasteiger partial charge in [0.1, 0.15) is 0 Å². The van der Waals surface area contributed by atoms with Gasteiger partial charge >= 0.3 is 0 Å². The minimum absolute atomic E-state index is 0.745. The smallest absolute Gasteiger partial charge is 0.0654 e. The molecule has 0 radical (unpaired) electrons. The fraction of sp³-hybridized carbons (Fsp3) is 0.545. The Labute approximate surface area is 143 Å². The van der Waals surface area contributed by atoms with Crippen LogP contribution in [0.15, 0.2) is 36.4 Å². The largest absolute Gasteiger partial charge is 0.0962 e. The molecule has 0 bridgehead atoms. The highest BCUT2D eigenvalue weighted by molar-refractivity contribution is 6.97. The maximum atomic E-state index is 2.51. The maximum absolute atomic E-state index is 2.51. The van der Waals surface area contributed by atoms with Crippen molar-refractivity contribution in [3.05, 3.63) is 42.0 Å². The molecule has 1 aliphatic rings. The second-order valence-corrected chi connectivity index (χ2v) is 13.5. The molecule has 0 saturated carbocycles. The summed E-state index contributed by atoms with van der Waals surface area (Å²) in [7, 11) is -1.60. The maximum Gasteiger partial charge on any atom is 0.0962 e. The van der Waals surface area contributed by atoms with Crippen molar-refractivity contribution in [2.75, 3.05) is 0 Å². The van der Waals surface area contributed by atoms with Gasteiger partial charge in [-0.15, -0.1) is 0 Å². The van der Waals surface area contributed by atoms with Crippen LogP contribution >= 0.6 is 0 Å². The molecule has 0 amide bonds.